The molecule has 0 unspecified atom stereocenters. The third-order valence-electron chi connectivity index (χ3n) is 4.17. The summed E-state index contributed by atoms with van der Waals surface area (Å²) in [5.41, 5.74) is 4.00. The molecule has 2 aromatic rings. The fraction of sp³-hybridized carbons (Fsp3) is 0.294. The van der Waals surface area contributed by atoms with Gasteiger partial charge in [-0.05, 0) is 36.8 Å². The topological polar surface area (TPSA) is 91.8 Å². The zero-order valence-corrected chi connectivity index (χ0v) is 12.8. The fourth-order valence-electron chi connectivity index (χ4n) is 3.13. The van der Waals surface area contributed by atoms with Crippen LogP contribution in [-0.2, 0) is 12.8 Å². The lowest BCUT2D eigenvalue weighted by atomic mass is 9.86. The number of non-ortho nitro benzene ring substituents is 1. The van der Waals surface area contributed by atoms with E-state index in [9.17, 15) is 15.4 Å². The van der Waals surface area contributed by atoms with Gasteiger partial charge >= 0.3 is 0 Å². The second kappa shape index (κ2) is 6.05. The molecule has 6 nitrogen and oxygen atoms in total. The van der Waals surface area contributed by atoms with Crippen molar-refractivity contribution < 1.29 is 4.92 Å². The second-order valence-corrected chi connectivity index (χ2v) is 5.51. The molecule has 1 aliphatic rings. The van der Waals surface area contributed by atoms with Crippen molar-refractivity contribution in [2.24, 2.45) is 0 Å². The molecular formula is C17H16N4O2. The highest BCUT2D eigenvalue weighted by Gasteiger charge is 2.23. The zero-order chi connectivity index (χ0) is 16.4. The van der Waals surface area contributed by atoms with Gasteiger partial charge in [0.2, 0.25) is 0 Å². The van der Waals surface area contributed by atoms with Crippen LogP contribution in [0.25, 0.3) is 11.1 Å². The number of hydrogen-bond acceptors (Lipinski definition) is 5. The van der Waals surface area contributed by atoms with E-state index >= 15 is 0 Å². The Hall–Kier alpha value is -2.94. The summed E-state index contributed by atoms with van der Waals surface area (Å²) in [6.07, 6.45) is 3.83. The number of pyridine rings is 1. The van der Waals surface area contributed by atoms with E-state index in [4.69, 9.17) is 0 Å². The number of hydrogen-bond donors (Lipinski definition) is 1. The van der Waals surface area contributed by atoms with Crippen molar-refractivity contribution >= 4 is 11.5 Å². The van der Waals surface area contributed by atoms with Gasteiger partial charge in [0, 0.05) is 30.4 Å². The summed E-state index contributed by atoms with van der Waals surface area (Å²) in [5, 5.41) is 23.7. The quantitative estimate of drug-likeness (QED) is 0.692. The fourth-order valence-corrected chi connectivity index (χ4v) is 3.13. The number of rotatable bonds is 3. The Labute approximate surface area is 133 Å². The molecular weight excluding hydrogens is 292 g/mol. The van der Waals surface area contributed by atoms with Gasteiger partial charge in [0.25, 0.3) is 5.69 Å². The summed E-state index contributed by atoms with van der Waals surface area (Å²) < 4.78 is 0. The van der Waals surface area contributed by atoms with Gasteiger partial charge in [-0.3, -0.25) is 10.1 Å². The predicted octanol–water partition coefficient (Wildman–Crippen LogP) is 3.45. The summed E-state index contributed by atoms with van der Waals surface area (Å²) in [4.78, 5) is 15.2. The number of aromatic nitrogens is 1. The number of aryl methyl sites for hydroxylation is 1. The lowest BCUT2D eigenvalue weighted by Crippen LogP contribution is -2.12. The van der Waals surface area contributed by atoms with Crippen molar-refractivity contribution in [2.45, 2.75) is 25.7 Å². The number of fused-ring (bicyclic) bond motifs is 1. The zero-order valence-electron chi connectivity index (χ0n) is 12.8. The first-order valence-electron chi connectivity index (χ1n) is 7.54. The summed E-state index contributed by atoms with van der Waals surface area (Å²) in [6.45, 7) is 0. The Morgan fingerprint density at radius 2 is 2.13 bits per heavy atom. The van der Waals surface area contributed by atoms with E-state index in [-0.39, 0.29) is 5.69 Å². The summed E-state index contributed by atoms with van der Waals surface area (Å²) in [7, 11) is 1.73. The SMILES string of the molecule is CNc1nc2c(c(-c3cccc([N+](=O)[O-])c3)c1C#N)CCCC2. The molecule has 0 aliphatic heterocycles. The van der Waals surface area contributed by atoms with E-state index in [2.05, 4.69) is 16.4 Å². The third-order valence-corrected chi connectivity index (χ3v) is 4.17. The molecule has 0 saturated carbocycles. The number of benzene rings is 1. The Kier molecular flexibility index (Phi) is 3.94. The van der Waals surface area contributed by atoms with Crippen LogP contribution in [0, 0.1) is 21.4 Å². The molecule has 23 heavy (non-hydrogen) atoms. The van der Waals surface area contributed by atoms with Crippen LogP contribution in [0.15, 0.2) is 24.3 Å². The minimum Gasteiger partial charge on any atom is -0.372 e. The molecule has 1 aliphatic carbocycles. The average molecular weight is 308 g/mol. The largest absolute Gasteiger partial charge is 0.372 e. The maximum Gasteiger partial charge on any atom is 0.270 e. The van der Waals surface area contributed by atoms with Crippen molar-refractivity contribution in [3.8, 4) is 17.2 Å². The molecule has 6 heteroatoms. The van der Waals surface area contributed by atoms with Crippen LogP contribution in [0.3, 0.4) is 0 Å². The van der Waals surface area contributed by atoms with Crippen LogP contribution in [0.4, 0.5) is 11.5 Å². The molecule has 0 radical (unpaired) electrons. The smallest absolute Gasteiger partial charge is 0.270 e. The second-order valence-electron chi connectivity index (χ2n) is 5.51. The number of nitro groups is 1. The van der Waals surface area contributed by atoms with E-state index in [1.165, 1.54) is 12.1 Å². The van der Waals surface area contributed by atoms with Crippen LogP contribution in [0.2, 0.25) is 0 Å². The van der Waals surface area contributed by atoms with Crippen molar-refractivity contribution in [3.63, 3.8) is 0 Å². The number of anilines is 1. The molecule has 0 saturated heterocycles. The van der Waals surface area contributed by atoms with Gasteiger partial charge in [0.05, 0.1) is 4.92 Å². The summed E-state index contributed by atoms with van der Waals surface area (Å²) in [5.74, 6) is 0.537. The van der Waals surface area contributed by atoms with Gasteiger partial charge in [-0.15, -0.1) is 0 Å². The maximum absolute atomic E-state index is 11.1. The van der Waals surface area contributed by atoms with Crippen molar-refractivity contribution in [3.05, 3.63) is 51.2 Å². The normalized spacial score (nSPS) is 13.0. The average Bonchev–Trinajstić information content (AvgIpc) is 2.59. The van der Waals surface area contributed by atoms with Gasteiger partial charge in [-0.2, -0.15) is 5.26 Å². The van der Waals surface area contributed by atoms with Gasteiger partial charge in [0.15, 0.2) is 0 Å². The molecule has 0 atom stereocenters. The van der Waals surface area contributed by atoms with Gasteiger partial charge < -0.3 is 5.32 Å². The van der Waals surface area contributed by atoms with Crippen molar-refractivity contribution in [1.29, 1.82) is 5.26 Å². The standard InChI is InChI=1S/C17H16N4O2/c1-19-17-14(10-18)16(13-7-2-3-8-15(13)20-17)11-5-4-6-12(9-11)21(22)23/h4-6,9H,2-3,7-8H2,1H3,(H,19,20). The van der Waals surface area contributed by atoms with Crippen LogP contribution >= 0.6 is 0 Å². The molecule has 1 aromatic carbocycles. The molecule has 0 fully saturated rings. The van der Waals surface area contributed by atoms with E-state index < -0.39 is 4.92 Å². The van der Waals surface area contributed by atoms with Crippen LogP contribution in [0.1, 0.15) is 29.7 Å². The molecule has 0 amide bonds. The van der Waals surface area contributed by atoms with E-state index in [1.807, 2.05) is 6.07 Å². The van der Waals surface area contributed by atoms with Crippen LogP contribution in [0.5, 0.6) is 0 Å². The molecule has 1 heterocycles. The predicted molar refractivity (Wildman–Crippen MR) is 87.2 cm³/mol. The van der Waals surface area contributed by atoms with E-state index in [0.717, 1.165) is 42.5 Å². The first kappa shape index (κ1) is 15.0. The minimum atomic E-state index is -0.415. The Balaban J connectivity index is 2.31. The van der Waals surface area contributed by atoms with Crippen molar-refractivity contribution in [2.75, 3.05) is 12.4 Å². The van der Waals surface area contributed by atoms with Crippen LogP contribution < -0.4 is 5.32 Å². The first-order chi connectivity index (χ1) is 11.2. The highest BCUT2D eigenvalue weighted by Crippen LogP contribution is 2.37. The molecule has 116 valence electrons. The van der Waals surface area contributed by atoms with E-state index in [0.29, 0.717) is 16.9 Å². The molecule has 0 spiro atoms. The molecule has 3 rings (SSSR count). The van der Waals surface area contributed by atoms with Gasteiger partial charge in [0.1, 0.15) is 17.5 Å². The molecule has 1 N–H and O–H groups in total. The Morgan fingerprint density at radius 1 is 1.35 bits per heavy atom. The number of nitro benzene ring substituents is 1. The first-order valence-corrected chi connectivity index (χ1v) is 7.54. The third kappa shape index (κ3) is 2.61. The van der Waals surface area contributed by atoms with Gasteiger partial charge in [-0.1, -0.05) is 12.1 Å². The number of nitrogens with one attached hydrogen (secondary N) is 1. The minimum absolute atomic E-state index is 0.0266. The Bertz CT molecular complexity index is 824. The Morgan fingerprint density at radius 3 is 2.83 bits per heavy atom. The lowest BCUT2D eigenvalue weighted by molar-refractivity contribution is -0.384. The monoisotopic (exact) mass is 308 g/mol. The summed E-state index contributed by atoms with van der Waals surface area (Å²) >= 11 is 0. The lowest BCUT2D eigenvalue weighted by Gasteiger charge is -2.21. The number of nitrogens with zero attached hydrogens (tertiary/aromatic N) is 3. The molecule has 1 aromatic heterocycles. The van der Waals surface area contributed by atoms with Crippen LogP contribution in [-0.4, -0.2) is 17.0 Å². The van der Waals surface area contributed by atoms with Gasteiger partial charge in [-0.25, -0.2) is 4.98 Å². The van der Waals surface area contributed by atoms with E-state index in [1.54, 1.807) is 13.1 Å². The molecule has 0 bridgehead atoms. The highest BCUT2D eigenvalue weighted by molar-refractivity contribution is 5.81. The summed E-state index contributed by atoms with van der Waals surface area (Å²) in [6, 6.07) is 8.68. The highest BCUT2D eigenvalue weighted by atomic mass is 16.6. The number of nitriles is 1. The van der Waals surface area contributed by atoms with Crippen molar-refractivity contribution in [1.82, 2.24) is 4.98 Å². The maximum atomic E-state index is 11.1.